The minimum atomic E-state index is -0.446. The van der Waals surface area contributed by atoms with Gasteiger partial charge in [0.05, 0.1) is 28.7 Å². The molecule has 1 aromatic carbocycles. The summed E-state index contributed by atoms with van der Waals surface area (Å²) >= 11 is 0. The first-order chi connectivity index (χ1) is 13.5. The Balaban J connectivity index is 1.81. The summed E-state index contributed by atoms with van der Waals surface area (Å²) in [5.74, 6) is -0.773. The van der Waals surface area contributed by atoms with Gasteiger partial charge in [0.15, 0.2) is 0 Å². The van der Waals surface area contributed by atoms with Crippen molar-refractivity contribution < 1.29 is 14.3 Å². The van der Waals surface area contributed by atoms with E-state index in [1.54, 1.807) is 18.2 Å². The number of nitrogens with one attached hydrogen (secondary N) is 1. The second kappa shape index (κ2) is 6.88. The highest BCUT2D eigenvalue weighted by molar-refractivity contribution is 5.98. The molecule has 1 aliphatic rings. The zero-order valence-electron chi connectivity index (χ0n) is 15.1. The number of fused-ring (bicyclic) bond motifs is 1. The van der Waals surface area contributed by atoms with Crippen LogP contribution in [-0.4, -0.2) is 26.0 Å². The van der Waals surface area contributed by atoms with E-state index in [1.807, 2.05) is 6.92 Å². The summed E-state index contributed by atoms with van der Waals surface area (Å²) in [5, 5.41) is 12.7. The maximum atomic E-state index is 14.0. The van der Waals surface area contributed by atoms with Gasteiger partial charge in [-0.25, -0.2) is 19.3 Å². The average molecular weight is 379 g/mol. The van der Waals surface area contributed by atoms with Crippen LogP contribution in [0.3, 0.4) is 0 Å². The van der Waals surface area contributed by atoms with Crippen molar-refractivity contribution in [3.05, 3.63) is 64.7 Å². The monoisotopic (exact) mass is 379 g/mol. The van der Waals surface area contributed by atoms with Crippen molar-refractivity contribution in [1.82, 2.24) is 20.3 Å². The molecule has 142 valence electrons. The lowest BCUT2D eigenvalue weighted by Crippen LogP contribution is -2.37. The fourth-order valence-corrected chi connectivity index (χ4v) is 3.54. The number of nitrogens with zero attached hydrogens (tertiary/aromatic N) is 3. The molecule has 1 atom stereocenters. The highest BCUT2D eigenvalue weighted by Gasteiger charge is 2.31. The second-order valence-electron chi connectivity index (χ2n) is 6.55. The molecule has 2 aromatic heterocycles. The Bertz CT molecular complexity index is 1090. The Kier molecular flexibility index (Phi) is 4.38. The number of anilines is 1. The molecule has 0 saturated carbocycles. The van der Waals surface area contributed by atoms with Gasteiger partial charge in [0.25, 0.3) is 5.91 Å². The zero-order chi connectivity index (χ0) is 19.8. The Morgan fingerprint density at radius 2 is 2.07 bits per heavy atom. The summed E-state index contributed by atoms with van der Waals surface area (Å²) in [6.45, 7) is 1.90. The van der Waals surface area contributed by atoms with Crippen LogP contribution in [0.15, 0.2) is 36.4 Å². The maximum Gasteiger partial charge on any atom is 0.255 e. The number of carbonyl (C=O) groups is 1. The Morgan fingerprint density at radius 1 is 1.25 bits per heavy atom. The highest BCUT2D eigenvalue weighted by atomic mass is 19.1. The number of aromatic nitrogens is 3. The maximum absolute atomic E-state index is 14.0. The summed E-state index contributed by atoms with van der Waals surface area (Å²) in [5.41, 5.74) is 9.00. The van der Waals surface area contributed by atoms with Crippen LogP contribution in [0, 0.1) is 5.82 Å². The van der Waals surface area contributed by atoms with Gasteiger partial charge in [-0.1, -0.05) is 19.1 Å². The number of hydrogen-bond acceptors (Lipinski definition) is 6. The fourth-order valence-electron chi connectivity index (χ4n) is 3.54. The van der Waals surface area contributed by atoms with Crippen molar-refractivity contribution in [2.45, 2.75) is 25.8 Å². The number of nitrogens with two attached hydrogens (primary N) is 1. The van der Waals surface area contributed by atoms with E-state index in [4.69, 9.17) is 5.73 Å². The van der Waals surface area contributed by atoms with Crippen molar-refractivity contribution in [3.8, 4) is 17.1 Å². The zero-order valence-corrected chi connectivity index (χ0v) is 15.1. The number of rotatable bonds is 3. The Labute approximate surface area is 160 Å². The first kappa shape index (κ1) is 17.8. The molecular weight excluding hydrogens is 361 g/mol. The third kappa shape index (κ3) is 3.13. The van der Waals surface area contributed by atoms with Crippen molar-refractivity contribution in [3.63, 3.8) is 0 Å². The summed E-state index contributed by atoms with van der Waals surface area (Å²) in [6, 6.07) is 8.57. The number of pyridine rings is 1. The summed E-state index contributed by atoms with van der Waals surface area (Å²) in [7, 11) is 0. The number of aromatic hydroxyl groups is 1. The molecule has 0 radical (unpaired) electrons. The summed E-state index contributed by atoms with van der Waals surface area (Å²) in [6.07, 6.45) is 0.945. The van der Waals surface area contributed by atoms with Crippen molar-refractivity contribution >= 4 is 11.9 Å². The van der Waals surface area contributed by atoms with E-state index in [0.29, 0.717) is 46.6 Å². The lowest BCUT2D eigenvalue weighted by atomic mass is 9.90. The SMILES string of the molecule is CCc1nc(N)nc2c1C(=O)N[C@@H](c1ccc(F)cc1-c1cccc(O)n1)C2. The van der Waals surface area contributed by atoms with Crippen LogP contribution in [0.25, 0.3) is 11.3 Å². The molecule has 0 fully saturated rings. The predicted molar refractivity (Wildman–Crippen MR) is 101 cm³/mol. The van der Waals surface area contributed by atoms with Gasteiger partial charge in [-0.2, -0.15) is 0 Å². The lowest BCUT2D eigenvalue weighted by Gasteiger charge is -2.28. The van der Waals surface area contributed by atoms with Crippen LogP contribution in [0.1, 0.15) is 40.3 Å². The molecule has 0 spiro atoms. The molecule has 1 amide bonds. The quantitative estimate of drug-likeness (QED) is 0.644. The van der Waals surface area contributed by atoms with E-state index >= 15 is 0 Å². The standard InChI is InChI=1S/C20H18FN5O2/c1-2-13-18-16(26-20(22)25-13)9-15(24-19(18)28)11-7-6-10(21)8-12(11)14-4-3-5-17(27)23-14/h3-8,15H,2,9H2,1H3,(H,23,27)(H,24,28)(H2,22,25,26)/t15-/m1/s1. The number of amides is 1. The third-order valence-electron chi connectivity index (χ3n) is 4.74. The van der Waals surface area contributed by atoms with E-state index < -0.39 is 11.9 Å². The predicted octanol–water partition coefficient (Wildman–Crippen LogP) is 2.56. The summed E-state index contributed by atoms with van der Waals surface area (Å²) in [4.78, 5) is 25.3. The van der Waals surface area contributed by atoms with Crippen LogP contribution >= 0.6 is 0 Å². The number of nitrogen functional groups attached to an aromatic ring is 1. The molecule has 4 N–H and O–H groups in total. The van der Waals surface area contributed by atoms with Gasteiger partial charge in [0.2, 0.25) is 11.8 Å². The molecular formula is C20H18FN5O2. The van der Waals surface area contributed by atoms with Crippen molar-refractivity contribution in [2.75, 3.05) is 5.73 Å². The molecule has 4 rings (SSSR count). The Morgan fingerprint density at radius 3 is 2.82 bits per heavy atom. The van der Waals surface area contributed by atoms with E-state index in [2.05, 4.69) is 20.3 Å². The number of carbonyl (C=O) groups excluding carboxylic acids is 1. The molecule has 0 bridgehead atoms. The molecule has 1 aliphatic heterocycles. The first-order valence-corrected chi connectivity index (χ1v) is 8.88. The van der Waals surface area contributed by atoms with E-state index in [1.165, 1.54) is 18.2 Å². The molecule has 8 heteroatoms. The van der Waals surface area contributed by atoms with Crippen LogP contribution < -0.4 is 11.1 Å². The average Bonchev–Trinajstić information content (AvgIpc) is 2.66. The molecule has 3 heterocycles. The smallest absolute Gasteiger partial charge is 0.255 e. The van der Waals surface area contributed by atoms with Crippen LogP contribution in [-0.2, 0) is 12.8 Å². The normalized spacial score (nSPS) is 15.8. The van der Waals surface area contributed by atoms with Crippen LogP contribution in [0.4, 0.5) is 10.3 Å². The van der Waals surface area contributed by atoms with Gasteiger partial charge < -0.3 is 16.2 Å². The van der Waals surface area contributed by atoms with Gasteiger partial charge in [0.1, 0.15) is 5.82 Å². The molecule has 0 unspecified atom stereocenters. The number of hydrogen-bond donors (Lipinski definition) is 3. The van der Waals surface area contributed by atoms with Gasteiger partial charge >= 0.3 is 0 Å². The fraction of sp³-hybridized carbons (Fsp3) is 0.200. The molecule has 28 heavy (non-hydrogen) atoms. The minimum Gasteiger partial charge on any atom is -0.493 e. The van der Waals surface area contributed by atoms with E-state index in [-0.39, 0.29) is 17.7 Å². The topological polar surface area (TPSA) is 114 Å². The molecule has 0 saturated heterocycles. The van der Waals surface area contributed by atoms with Gasteiger partial charge in [-0.05, 0) is 30.2 Å². The second-order valence-corrected chi connectivity index (χ2v) is 6.55. The number of benzene rings is 1. The first-order valence-electron chi connectivity index (χ1n) is 8.88. The number of halogens is 1. The van der Waals surface area contributed by atoms with Crippen LogP contribution in [0.2, 0.25) is 0 Å². The number of aryl methyl sites for hydroxylation is 1. The van der Waals surface area contributed by atoms with Gasteiger partial charge in [-0.3, -0.25) is 4.79 Å². The molecule has 7 nitrogen and oxygen atoms in total. The third-order valence-corrected chi connectivity index (χ3v) is 4.74. The Hall–Kier alpha value is -3.55. The van der Waals surface area contributed by atoms with Gasteiger partial charge in [0, 0.05) is 18.1 Å². The highest BCUT2D eigenvalue weighted by Crippen LogP contribution is 2.33. The lowest BCUT2D eigenvalue weighted by molar-refractivity contribution is 0.0922. The van der Waals surface area contributed by atoms with E-state index in [9.17, 15) is 14.3 Å². The van der Waals surface area contributed by atoms with Crippen molar-refractivity contribution in [1.29, 1.82) is 0 Å². The minimum absolute atomic E-state index is 0.123. The van der Waals surface area contributed by atoms with Crippen molar-refractivity contribution in [2.24, 2.45) is 0 Å². The van der Waals surface area contributed by atoms with Crippen LogP contribution in [0.5, 0.6) is 5.88 Å². The van der Waals surface area contributed by atoms with E-state index in [0.717, 1.165) is 0 Å². The summed E-state index contributed by atoms with van der Waals surface area (Å²) < 4.78 is 14.0. The van der Waals surface area contributed by atoms with Gasteiger partial charge in [-0.15, -0.1) is 0 Å². The largest absolute Gasteiger partial charge is 0.493 e. The molecule has 3 aromatic rings. The molecule has 0 aliphatic carbocycles.